The van der Waals surface area contributed by atoms with Crippen LogP contribution in [0.4, 0.5) is 4.39 Å². The van der Waals surface area contributed by atoms with Crippen LogP contribution in [-0.4, -0.2) is 56.3 Å². The van der Waals surface area contributed by atoms with Gasteiger partial charge in [0.25, 0.3) is 0 Å². The molecule has 0 aromatic heterocycles. The number of carbonyl (C=O) groups excluding carboxylic acids is 1. The number of rotatable bonds is 5. The Kier molecular flexibility index (Phi) is 6.11. The third kappa shape index (κ3) is 4.51. The monoisotopic (exact) mass is 451 g/mol. The number of fused-ring (bicyclic) bond motifs is 1. The Bertz CT molecular complexity index is 1060. The molecule has 1 amide bonds. The van der Waals surface area contributed by atoms with Gasteiger partial charge in [-0.15, -0.1) is 0 Å². The smallest absolute Gasteiger partial charge is 0.241 e. The van der Waals surface area contributed by atoms with Gasteiger partial charge in [-0.2, -0.15) is 0 Å². The molecule has 2 aromatic carbocycles. The Morgan fingerprint density at radius 2 is 1.93 bits per heavy atom. The minimum Gasteiger partial charge on any atom is -0.340 e. The molecule has 0 aliphatic carbocycles. The van der Waals surface area contributed by atoms with Gasteiger partial charge in [0.05, 0.1) is 16.5 Å². The van der Waals surface area contributed by atoms with E-state index < -0.39 is 15.8 Å². The first-order valence-corrected chi connectivity index (χ1v) is 11.7. The van der Waals surface area contributed by atoms with Crippen molar-refractivity contribution in [3.8, 4) is 0 Å². The molecule has 9 heteroatoms. The first-order valence-electron chi connectivity index (χ1n) is 9.87. The maximum absolute atomic E-state index is 13.3. The summed E-state index contributed by atoms with van der Waals surface area (Å²) in [5.74, 6) is -0.971. The summed E-state index contributed by atoms with van der Waals surface area (Å²) in [5, 5.41) is -0.283. The summed E-state index contributed by atoms with van der Waals surface area (Å²) in [6.07, 6.45) is 1.87. The van der Waals surface area contributed by atoms with Crippen LogP contribution in [0.3, 0.4) is 0 Å². The molecule has 2 heterocycles. The van der Waals surface area contributed by atoms with Gasteiger partial charge >= 0.3 is 0 Å². The molecular formula is C21H23ClFN3O3S. The molecule has 2 aromatic rings. The average Bonchev–Trinajstić information content (AvgIpc) is 3.24. The normalized spacial score (nSPS) is 19.7. The fourth-order valence-electron chi connectivity index (χ4n) is 4.09. The summed E-state index contributed by atoms with van der Waals surface area (Å²) < 4.78 is 40.3. The van der Waals surface area contributed by atoms with Crippen molar-refractivity contribution in [3.05, 3.63) is 64.4 Å². The van der Waals surface area contributed by atoms with Gasteiger partial charge in [0.15, 0.2) is 0 Å². The van der Waals surface area contributed by atoms with Gasteiger partial charge in [-0.25, -0.2) is 17.5 Å². The summed E-state index contributed by atoms with van der Waals surface area (Å²) in [4.78, 5) is 16.5. The van der Waals surface area contributed by atoms with Gasteiger partial charge in [0, 0.05) is 32.2 Å². The summed E-state index contributed by atoms with van der Waals surface area (Å²) in [6, 6.07) is 11.8. The molecule has 0 spiro atoms. The standard InChI is InChI=1S/C21H23ClFN3O3S/c22-19-11-18(5-6-20(19)23)30(28,29)24-12-21(27)26-10-8-17(14-26)25-9-7-15-3-1-2-4-16(15)13-25/h1-6,11,17,24H,7-10,12-14H2. The molecule has 2 aliphatic heterocycles. The van der Waals surface area contributed by atoms with Crippen LogP contribution >= 0.6 is 11.6 Å². The molecule has 1 unspecified atom stereocenters. The van der Waals surface area contributed by atoms with E-state index in [2.05, 4.69) is 27.8 Å². The molecule has 0 bridgehead atoms. The van der Waals surface area contributed by atoms with Crippen molar-refractivity contribution in [2.24, 2.45) is 0 Å². The predicted octanol–water partition coefficient (Wildman–Crippen LogP) is 2.42. The maximum Gasteiger partial charge on any atom is 0.241 e. The van der Waals surface area contributed by atoms with E-state index in [-0.39, 0.29) is 28.4 Å². The minimum atomic E-state index is -3.95. The summed E-state index contributed by atoms with van der Waals surface area (Å²) in [5.41, 5.74) is 2.72. The quantitative estimate of drug-likeness (QED) is 0.758. The Morgan fingerprint density at radius 3 is 2.70 bits per heavy atom. The number of carbonyl (C=O) groups is 1. The van der Waals surface area contributed by atoms with Crippen LogP contribution < -0.4 is 4.72 Å². The SMILES string of the molecule is O=C(CNS(=O)(=O)c1ccc(F)c(Cl)c1)N1CCC(N2CCc3ccccc3C2)C1. The third-order valence-corrected chi connectivity index (χ3v) is 7.50. The van der Waals surface area contributed by atoms with E-state index in [4.69, 9.17) is 11.6 Å². The Hall–Kier alpha value is -2.00. The molecule has 1 fully saturated rings. The zero-order valence-corrected chi connectivity index (χ0v) is 17.9. The lowest BCUT2D eigenvalue weighted by Gasteiger charge is -2.33. The molecule has 6 nitrogen and oxygen atoms in total. The van der Waals surface area contributed by atoms with E-state index in [1.54, 1.807) is 4.90 Å². The van der Waals surface area contributed by atoms with Crippen LogP contribution in [-0.2, 0) is 27.8 Å². The second kappa shape index (κ2) is 8.63. The number of nitrogens with zero attached hydrogens (tertiary/aromatic N) is 2. The highest BCUT2D eigenvalue weighted by Crippen LogP contribution is 2.24. The van der Waals surface area contributed by atoms with E-state index >= 15 is 0 Å². The van der Waals surface area contributed by atoms with E-state index in [0.717, 1.165) is 44.1 Å². The number of amides is 1. The lowest BCUT2D eigenvalue weighted by atomic mass is 9.98. The molecule has 0 radical (unpaired) electrons. The van der Waals surface area contributed by atoms with Crippen molar-refractivity contribution in [2.75, 3.05) is 26.2 Å². The van der Waals surface area contributed by atoms with Crippen molar-refractivity contribution < 1.29 is 17.6 Å². The van der Waals surface area contributed by atoms with Gasteiger partial charge in [0.2, 0.25) is 15.9 Å². The van der Waals surface area contributed by atoms with Crippen LogP contribution in [0.15, 0.2) is 47.4 Å². The average molecular weight is 452 g/mol. The van der Waals surface area contributed by atoms with Crippen molar-refractivity contribution in [1.29, 1.82) is 0 Å². The molecule has 0 saturated carbocycles. The number of hydrogen-bond donors (Lipinski definition) is 1. The third-order valence-electron chi connectivity index (χ3n) is 5.81. The van der Waals surface area contributed by atoms with Crippen molar-refractivity contribution in [1.82, 2.24) is 14.5 Å². The molecule has 1 saturated heterocycles. The highest BCUT2D eigenvalue weighted by molar-refractivity contribution is 7.89. The lowest BCUT2D eigenvalue weighted by Crippen LogP contribution is -2.43. The van der Waals surface area contributed by atoms with Crippen LogP contribution in [0.5, 0.6) is 0 Å². The first kappa shape index (κ1) is 21.2. The Morgan fingerprint density at radius 1 is 1.17 bits per heavy atom. The van der Waals surface area contributed by atoms with Gasteiger partial charge < -0.3 is 4.90 Å². The first-order chi connectivity index (χ1) is 14.3. The number of hydrogen-bond acceptors (Lipinski definition) is 4. The number of benzene rings is 2. The fourth-order valence-corrected chi connectivity index (χ4v) is 5.34. The molecule has 1 atom stereocenters. The Balaban J connectivity index is 1.32. The summed E-state index contributed by atoms with van der Waals surface area (Å²) in [6.45, 7) is 2.69. The molecule has 160 valence electrons. The van der Waals surface area contributed by atoms with Crippen LogP contribution in [0.2, 0.25) is 5.02 Å². The van der Waals surface area contributed by atoms with E-state index in [1.807, 2.05) is 6.07 Å². The largest absolute Gasteiger partial charge is 0.340 e. The van der Waals surface area contributed by atoms with Gasteiger partial charge in [-0.1, -0.05) is 35.9 Å². The predicted molar refractivity (Wildman–Crippen MR) is 112 cm³/mol. The fraction of sp³-hybridized carbons (Fsp3) is 0.381. The molecule has 2 aliphatic rings. The van der Waals surface area contributed by atoms with Gasteiger partial charge in [-0.05, 0) is 42.2 Å². The van der Waals surface area contributed by atoms with Crippen molar-refractivity contribution in [3.63, 3.8) is 0 Å². The molecule has 4 rings (SSSR count). The zero-order chi connectivity index (χ0) is 21.3. The molecule has 30 heavy (non-hydrogen) atoms. The summed E-state index contributed by atoms with van der Waals surface area (Å²) in [7, 11) is -3.95. The number of sulfonamides is 1. The van der Waals surface area contributed by atoms with Crippen LogP contribution in [0.1, 0.15) is 17.5 Å². The second-order valence-corrected chi connectivity index (χ2v) is 9.85. The van der Waals surface area contributed by atoms with Crippen molar-refractivity contribution >= 4 is 27.5 Å². The minimum absolute atomic E-state index is 0.173. The van der Waals surface area contributed by atoms with E-state index in [9.17, 15) is 17.6 Å². The maximum atomic E-state index is 13.3. The van der Waals surface area contributed by atoms with Crippen LogP contribution in [0, 0.1) is 5.82 Å². The second-order valence-electron chi connectivity index (χ2n) is 7.67. The molecular weight excluding hydrogens is 429 g/mol. The summed E-state index contributed by atoms with van der Waals surface area (Å²) >= 11 is 5.66. The highest BCUT2D eigenvalue weighted by atomic mass is 35.5. The number of likely N-dealkylation sites (tertiary alicyclic amines) is 1. The highest BCUT2D eigenvalue weighted by Gasteiger charge is 2.32. The van der Waals surface area contributed by atoms with Gasteiger partial charge in [0.1, 0.15) is 5.82 Å². The lowest BCUT2D eigenvalue weighted by molar-refractivity contribution is -0.129. The van der Waals surface area contributed by atoms with E-state index in [0.29, 0.717) is 13.1 Å². The van der Waals surface area contributed by atoms with Crippen LogP contribution in [0.25, 0.3) is 0 Å². The number of halogens is 2. The van der Waals surface area contributed by atoms with Gasteiger partial charge in [-0.3, -0.25) is 9.69 Å². The number of nitrogens with one attached hydrogen (secondary N) is 1. The van der Waals surface area contributed by atoms with Crippen molar-refractivity contribution in [2.45, 2.75) is 30.3 Å². The topological polar surface area (TPSA) is 69.7 Å². The Labute approximate surface area is 180 Å². The molecule has 1 N–H and O–H groups in total. The zero-order valence-electron chi connectivity index (χ0n) is 16.4. The van der Waals surface area contributed by atoms with E-state index in [1.165, 1.54) is 11.1 Å².